The summed E-state index contributed by atoms with van der Waals surface area (Å²) in [6, 6.07) is 6.94. The second-order valence-electron chi connectivity index (χ2n) is 1.95. The molecule has 11 heavy (non-hydrogen) atoms. The minimum Gasteiger partial charge on any atom is -0.328 e. The summed E-state index contributed by atoms with van der Waals surface area (Å²) in [7, 11) is 0. The van der Waals surface area contributed by atoms with Crippen LogP contribution in [-0.4, -0.2) is 5.24 Å². The third-order valence-electron chi connectivity index (χ3n) is 1.22. The van der Waals surface area contributed by atoms with Crippen LogP contribution in [-0.2, 0) is 0 Å². The predicted octanol–water partition coefficient (Wildman–Crippen LogP) is 2.83. The molecule has 0 bridgehead atoms. The molecule has 1 N–H and O–H groups in total. The van der Waals surface area contributed by atoms with E-state index >= 15 is 0 Å². The Morgan fingerprint density at radius 3 is 2.27 bits per heavy atom. The van der Waals surface area contributed by atoms with Gasteiger partial charge in [-0.25, -0.2) is 0 Å². The summed E-state index contributed by atoms with van der Waals surface area (Å²) in [5.41, 5.74) is 1.47. The number of carbonyl (C=O) groups is 1. The van der Waals surface area contributed by atoms with Gasteiger partial charge in [-0.2, -0.15) is 0 Å². The van der Waals surface area contributed by atoms with Gasteiger partial charge in [0.1, 0.15) is 0 Å². The average Bonchev–Trinajstić information content (AvgIpc) is 2.05. The number of hydrogen-bond donors (Lipinski definition) is 1. The first-order valence-corrected chi connectivity index (χ1v) is 4.36. The molecule has 0 aliphatic heterocycles. The van der Waals surface area contributed by atoms with Gasteiger partial charge in [-0.1, -0.05) is 0 Å². The topological polar surface area (TPSA) is 29.1 Å². The van der Waals surface area contributed by atoms with Gasteiger partial charge in [0.15, 0.2) is 0 Å². The van der Waals surface area contributed by atoms with E-state index in [4.69, 9.17) is 11.6 Å². The molecule has 0 amide bonds. The van der Waals surface area contributed by atoms with Gasteiger partial charge in [0, 0.05) is 11.3 Å². The molecule has 4 heteroatoms. The van der Waals surface area contributed by atoms with Crippen LogP contribution in [0.1, 0.15) is 10.4 Å². The number of halogens is 2. The largest absolute Gasteiger partial charge is 0.328 e. The van der Waals surface area contributed by atoms with Crippen LogP contribution in [0.3, 0.4) is 0 Å². The fourth-order valence-corrected chi connectivity index (χ4v) is 1.15. The molecule has 0 aliphatic carbocycles. The number of benzene rings is 1. The van der Waals surface area contributed by atoms with Crippen LogP contribution in [0.5, 0.6) is 0 Å². The highest BCUT2D eigenvalue weighted by Gasteiger charge is 1.99. The van der Waals surface area contributed by atoms with E-state index < -0.39 is 5.24 Å². The van der Waals surface area contributed by atoms with Crippen LogP contribution in [0, 0.1) is 0 Å². The zero-order valence-corrected chi connectivity index (χ0v) is 8.39. The lowest BCUT2D eigenvalue weighted by Gasteiger charge is -1.97. The quantitative estimate of drug-likeness (QED) is 0.513. The van der Waals surface area contributed by atoms with Crippen molar-refractivity contribution in [3.63, 3.8) is 0 Å². The van der Waals surface area contributed by atoms with Gasteiger partial charge < -0.3 is 3.53 Å². The van der Waals surface area contributed by atoms with Crippen molar-refractivity contribution < 1.29 is 4.79 Å². The van der Waals surface area contributed by atoms with Gasteiger partial charge in [-0.05, 0) is 35.9 Å². The maximum atomic E-state index is 10.6. The summed E-state index contributed by atoms with van der Waals surface area (Å²) in [5.74, 6) is 0. The van der Waals surface area contributed by atoms with E-state index in [1.807, 2.05) is 22.9 Å². The van der Waals surface area contributed by atoms with Crippen molar-refractivity contribution >= 4 is 45.4 Å². The summed E-state index contributed by atoms with van der Waals surface area (Å²) >= 11 is 7.25. The SMILES string of the molecule is O=C(Cl)c1ccc(NI)cc1. The van der Waals surface area contributed by atoms with Crippen molar-refractivity contribution in [1.82, 2.24) is 0 Å². The van der Waals surface area contributed by atoms with Crippen LogP contribution >= 0.6 is 34.5 Å². The molecule has 1 aromatic rings. The van der Waals surface area contributed by atoms with Gasteiger partial charge in [0.2, 0.25) is 0 Å². The lowest BCUT2D eigenvalue weighted by Crippen LogP contribution is -1.87. The van der Waals surface area contributed by atoms with Crippen molar-refractivity contribution in [2.24, 2.45) is 0 Å². The minimum absolute atomic E-state index is 0.426. The molecule has 0 unspecified atom stereocenters. The fraction of sp³-hybridized carbons (Fsp3) is 0. The van der Waals surface area contributed by atoms with Gasteiger partial charge in [-0.3, -0.25) is 4.79 Å². The van der Waals surface area contributed by atoms with E-state index in [-0.39, 0.29) is 0 Å². The van der Waals surface area contributed by atoms with Crippen molar-refractivity contribution in [2.75, 3.05) is 3.53 Å². The molecule has 1 rings (SSSR count). The van der Waals surface area contributed by atoms with Crippen molar-refractivity contribution in [3.8, 4) is 0 Å². The molecule has 58 valence electrons. The number of nitrogens with one attached hydrogen (secondary N) is 1. The van der Waals surface area contributed by atoms with Crippen LogP contribution in [0.25, 0.3) is 0 Å². The zero-order valence-electron chi connectivity index (χ0n) is 5.47. The van der Waals surface area contributed by atoms with Crippen molar-refractivity contribution in [3.05, 3.63) is 29.8 Å². The normalized spacial score (nSPS) is 9.27. The molecule has 0 saturated carbocycles. The molecular weight excluding hydrogens is 276 g/mol. The molecule has 0 spiro atoms. The fourth-order valence-electron chi connectivity index (χ4n) is 0.664. The first-order chi connectivity index (χ1) is 5.24. The first-order valence-electron chi connectivity index (χ1n) is 2.90. The highest BCUT2D eigenvalue weighted by Crippen LogP contribution is 2.12. The average molecular weight is 281 g/mol. The summed E-state index contributed by atoms with van der Waals surface area (Å²) in [6.07, 6.45) is 0. The summed E-state index contributed by atoms with van der Waals surface area (Å²) in [6.45, 7) is 0. The molecule has 1 aromatic carbocycles. The van der Waals surface area contributed by atoms with Gasteiger partial charge in [0.05, 0.1) is 22.9 Å². The monoisotopic (exact) mass is 281 g/mol. The Kier molecular flexibility index (Phi) is 3.14. The number of carbonyl (C=O) groups excluding carboxylic acids is 1. The molecular formula is C7H5ClINO. The molecule has 0 saturated heterocycles. The second kappa shape index (κ2) is 3.92. The van der Waals surface area contributed by atoms with E-state index in [1.165, 1.54) is 0 Å². The Labute approximate surface area is 83.4 Å². The highest BCUT2D eigenvalue weighted by atomic mass is 127. The van der Waals surface area contributed by atoms with Crippen molar-refractivity contribution in [1.29, 1.82) is 0 Å². The van der Waals surface area contributed by atoms with Gasteiger partial charge in [0.25, 0.3) is 5.24 Å². The third kappa shape index (κ3) is 2.34. The van der Waals surface area contributed by atoms with Gasteiger partial charge in [-0.15, -0.1) is 0 Å². The van der Waals surface area contributed by atoms with E-state index in [1.54, 1.807) is 24.3 Å². The Morgan fingerprint density at radius 1 is 1.36 bits per heavy atom. The Bertz CT molecular complexity index is 260. The minimum atomic E-state index is -0.426. The second-order valence-corrected chi connectivity index (χ2v) is 2.83. The number of anilines is 1. The maximum absolute atomic E-state index is 10.6. The van der Waals surface area contributed by atoms with Crippen LogP contribution in [0.15, 0.2) is 24.3 Å². The van der Waals surface area contributed by atoms with Crippen molar-refractivity contribution in [2.45, 2.75) is 0 Å². The standard InChI is InChI=1S/C7H5ClINO/c8-7(11)5-1-3-6(10-9)4-2-5/h1-4,10H. The zero-order chi connectivity index (χ0) is 8.27. The summed E-state index contributed by atoms with van der Waals surface area (Å²) < 4.78 is 2.91. The summed E-state index contributed by atoms with van der Waals surface area (Å²) in [5, 5.41) is -0.426. The molecule has 2 nitrogen and oxygen atoms in total. The lowest BCUT2D eigenvalue weighted by atomic mass is 10.2. The van der Waals surface area contributed by atoms with Crippen LogP contribution in [0.4, 0.5) is 5.69 Å². The number of hydrogen-bond acceptors (Lipinski definition) is 2. The molecule has 0 aromatic heterocycles. The Morgan fingerprint density at radius 2 is 1.91 bits per heavy atom. The van der Waals surface area contributed by atoms with E-state index in [0.29, 0.717) is 5.56 Å². The molecule has 0 aliphatic rings. The molecule has 0 heterocycles. The smallest absolute Gasteiger partial charge is 0.252 e. The third-order valence-corrected chi connectivity index (χ3v) is 2.06. The Hall–Kier alpha value is -0.290. The summed E-state index contributed by atoms with van der Waals surface area (Å²) in [4.78, 5) is 10.6. The highest BCUT2D eigenvalue weighted by molar-refractivity contribution is 14.1. The molecule has 0 atom stereocenters. The van der Waals surface area contributed by atoms with Gasteiger partial charge >= 0.3 is 0 Å². The van der Waals surface area contributed by atoms with Crippen LogP contribution in [0.2, 0.25) is 0 Å². The number of rotatable bonds is 2. The van der Waals surface area contributed by atoms with E-state index in [2.05, 4.69) is 3.53 Å². The molecule has 0 fully saturated rings. The maximum Gasteiger partial charge on any atom is 0.252 e. The molecule has 0 radical (unpaired) electrons. The van der Waals surface area contributed by atoms with Crippen LogP contribution < -0.4 is 3.53 Å². The van der Waals surface area contributed by atoms with E-state index in [0.717, 1.165) is 5.69 Å². The lowest BCUT2D eigenvalue weighted by molar-refractivity contribution is 0.108. The predicted molar refractivity (Wildman–Crippen MR) is 54.3 cm³/mol. The van der Waals surface area contributed by atoms with E-state index in [9.17, 15) is 4.79 Å². The Balaban J connectivity index is 2.91. The first kappa shape index (κ1) is 8.80.